The van der Waals surface area contributed by atoms with E-state index in [-0.39, 0.29) is 32.6 Å². The first-order valence-corrected chi connectivity index (χ1v) is 7.19. The van der Waals surface area contributed by atoms with Crippen molar-refractivity contribution >= 4 is 5.97 Å². The van der Waals surface area contributed by atoms with Crippen LogP contribution in [0.25, 0.3) is 0 Å². The fourth-order valence-electron chi connectivity index (χ4n) is 1.75. The van der Waals surface area contributed by atoms with Crippen molar-refractivity contribution in [2.75, 3.05) is 4.43 Å². The number of hydrogen-bond donors (Lipinski definition) is 2. The van der Waals surface area contributed by atoms with Gasteiger partial charge in [-0.05, 0) is 0 Å². The first-order chi connectivity index (χ1) is 6.18. The van der Waals surface area contributed by atoms with Gasteiger partial charge in [-0.2, -0.15) is 0 Å². The Morgan fingerprint density at radius 2 is 2.31 bits per heavy atom. The minimum atomic E-state index is -0.235. The van der Waals surface area contributed by atoms with Crippen LogP contribution in [-0.2, 0) is 9.63 Å². The third kappa shape index (κ3) is 1.69. The number of carbonyl (C=O) groups excluding carboxylic acids is 1. The molecule has 1 saturated carbocycles. The number of nitrogens with two attached hydrogens (primary N) is 2. The van der Waals surface area contributed by atoms with E-state index in [0.29, 0.717) is 9.97 Å². The molecular formula is C8H14IN2O2-. The van der Waals surface area contributed by atoms with Crippen LogP contribution in [0.2, 0.25) is 0 Å². The van der Waals surface area contributed by atoms with Gasteiger partial charge in [-0.15, -0.1) is 0 Å². The van der Waals surface area contributed by atoms with Crippen molar-refractivity contribution < 1.29 is 30.8 Å². The summed E-state index contributed by atoms with van der Waals surface area (Å²) in [5, 5.41) is 0. The van der Waals surface area contributed by atoms with Crippen LogP contribution in [-0.4, -0.2) is 14.4 Å². The van der Waals surface area contributed by atoms with Gasteiger partial charge in [0.05, 0.1) is 0 Å². The molecule has 0 aromatic rings. The van der Waals surface area contributed by atoms with Gasteiger partial charge >= 0.3 is 87.5 Å². The van der Waals surface area contributed by atoms with E-state index in [1.54, 1.807) is 0 Å². The summed E-state index contributed by atoms with van der Waals surface area (Å²) in [4.78, 5) is 15.6. The van der Waals surface area contributed by atoms with E-state index < -0.39 is 0 Å². The SMILES string of the molecule is NOC(=O)C1(CC2C[I-][C@H]2N)CC1. The van der Waals surface area contributed by atoms with Crippen LogP contribution in [0.3, 0.4) is 0 Å². The number of alkyl halides is 2. The molecule has 2 atom stereocenters. The Balaban J connectivity index is 1.90. The van der Waals surface area contributed by atoms with Gasteiger partial charge in [-0.25, -0.2) is 0 Å². The number of hydrogen-bond acceptors (Lipinski definition) is 4. The average Bonchev–Trinajstić information content (AvgIpc) is 2.91. The second-order valence-electron chi connectivity index (χ2n) is 3.90. The zero-order valence-electron chi connectivity index (χ0n) is 7.33. The van der Waals surface area contributed by atoms with Crippen molar-refractivity contribution in [2.45, 2.75) is 23.3 Å². The van der Waals surface area contributed by atoms with Crippen molar-refractivity contribution in [3.8, 4) is 0 Å². The van der Waals surface area contributed by atoms with Gasteiger partial charge in [-0.1, -0.05) is 0 Å². The van der Waals surface area contributed by atoms with E-state index in [4.69, 9.17) is 11.6 Å². The van der Waals surface area contributed by atoms with Crippen LogP contribution in [0.5, 0.6) is 0 Å². The standard InChI is InChI=1S/C8H14IN2O2/c10-6-5(4-9-6)3-8(1-2-8)7(12)13-11/h5-6H,1-4,10-11H2/q-1/t5?,6-/m0/s1. The molecule has 0 bridgehead atoms. The molecule has 2 fully saturated rings. The molecule has 1 aliphatic carbocycles. The Hall–Kier alpha value is 0.120. The van der Waals surface area contributed by atoms with Crippen molar-refractivity contribution in [3.63, 3.8) is 0 Å². The molecule has 1 aliphatic heterocycles. The van der Waals surface area contributed by atoms with Crippen LogP contribution in [0.4, 0.5) is 0 Å². The fraction of sp³-hybridized carbons (Fsp3) is 0.875. The van der Waals surface area contributed by atoms with Crippen molar-refractivity contribution in [2.24, 2.45) is 23.0 Å². The Kier molecular flexibility index (Phi) is 2.50. The van der Waals surface area contributed by atoms with Gasteiger partial charge in [0.2, 0.25) is 0 Å². The molecule has 0 radical (unpaired) electrons. The summed E-state index contributed by atoms with van der Waals surface area (Å²) in [5.74, 6) is 5.23. The Morgan fingerprint density at radius 3 is 2.62 bits per heavy atom. The molecule has 5 heteroatoms. The topological polar surface area (TPSA) is 78.3 Å². The van der Waals surface area contributed by atoms with E-state index in [9.17, 15) is 4.79 Å². The predicted octanol–water partition coefficient (Wildman–Crippen LogP) is -3.42. The second kappa shape index (κ2) is 3.36. The van der Waals surface area contributed by atoms with Crippen molar-refractivity contribution in [1.29, 1.82) is 0 Å². The van der Waals surface area contributed by atoms with E-state index in [1.165, 1.54) is 4.43 Å². The summed E-state index contributed by atoms with van der Waals surface area (Å²) in [6, 6.07) is 0. The average molecular weight is 297 g/mol. The molecule has 0 amide bonds. The van der Waals surface area contributed by atoms with Gasteiger partial charge in [-0.3, -0.25) is 0 Å². The fourth-order valence-corrected chi connectivity index (χ4v) is 4.14. The summed E-state index contributed by atoms with van der Waals surface area (Å²) in [6.45, 7) is 0. The van der Waals surface area contributed by atoms with E-state index >= 15 is 0 Å². The maximum atomic E-state index is 11.3. The summed E-state index contributed by atoms with van der Waals surface area (Å²) in [6.07, 6.45) is 2.78. The van der Waals surface area contributed by atoms with Crippen molar-refractivity contribution in [3.05, 3.63) is 0 Å². The molecule has 1 saturated heterocycles. The van der Waals surface area contributed by atoms with Gasteiger partial charge in [0.1, 0.15) is 0 Å². The van der Waals surface area contributed by atoms with Gasteiger partial charge in [0.15, 0.2) is 0 Å². The van der Waals surface area contributed by atoms with Gasteiger partial charge < -0.3 is 0 Å². The summed E-state index contributed by atoms with van der Waals surface area (Å²) >= 11 is 0.231. The molecule has 0 aromatic heterocycles. The quantitative estimate of drug-likeness (QED) is 0.246. The van der Waals surface area contributed by atoms with E-state index in [0.717, 1.165) is 19.3 Å². The van der Waals surface area contributed by atoms with E-state index in [2.05, 4.69) is 4.84 Å². The maximum absolute atomic E-state index is 11.3. The number of carbonyl (C=O) groups is 1. The molecule has 0 aromatic carbocycles. The van der Waals surface area contributed by atoms with Crippen LogP contribution >= 0.6 is 0 Å². The first kappa shape index (κ1) is 9.67. The molecule has 13 heavy (non-hydrogen) atoms. The van der Waals surface area contributed by atoms with Crippen LogP contribution < -0.4 is 32.8 Å². The monoisotopic (exact) mass is 297 g/mol. The molecule has 4 nitrogen and oxygen atoms in total. The van der Waals surface area contributed by atoms with Gasteiger partial charge in [0.25, 0.3) is 0 Å². The molecular weight excluding hydrogens is 283 g/mol. The Labute approximate surface area is 87.6 Å². The van der Waals surface area contributed by atoms with E-state index in [1.807, 2.05) is 0 Å². The Bertz CT molecular complexity index is 230. The zero-order valence-corrected chi connectivity index (χ0v) is 9.49. The number of halogens is 1. The van der Waals surface area contributed by atoms with Crippen LogP contribution in [0, 0.1) is 11.3 Å². The van der Waals surface area contributed by atoms with Gasteiger partial charge in [0, 0.05) is 0 Å². The molecule has 1 heterocycles. The molecule has 4 N–H and O–H groups in total. The molecule has 0 spiro atoms. The normalized spacial score (nSPS) is 35.5. The zero-order chi connectivity index (χ0) is 9.47. The first-order valence-electron chi connectivity index (χ1n) is 4.42. The molecule has 76 valence electrons. The van der Waals surface area contributed by atoms with Crippen molar-refractivity contribution in [1.82, 2.24) is 0 Å². The third-order valence-electron chi connectivity index (χ3n) is 2.96. The summed E-state index contributed by atoms with van der Waals surface area (Å²) < 4.78 is 1.67. The second-order valence-corrected chi connectivity index (χ2v) is 7.10. The Morgan fingerprint density at radius 1 is 1.62 bits per heavy atom. The minimum absolute atomic E-state index is 0.231. The predicted molar refractivity (Wildman–Crippen MR) is 42.9 cm³/mol. The summed E-state index contributed by atoms with van der Waals surface area (Å²) in [5.41, 5.74) is 5.63. The van der Waals surface area contributed by atoms with Crippen LogP contribution in [0.15, 0.2) is 0 Å². The molecule has 1 unspecified atom stereocenters. The molecule has 2 rings (SSSR count). The molecule has 2 aliphatic rings. The third-order valence-corrected chi connectivity index (χ3v) is 6.64. The number of rotatable bonds is 3. The van der Waals surface area contributed by atoms with Crippen LogP contribution in [0.1, 0.15) is 19.3 Å². The summed E-state index contributed by atoms with van der Waals surface area (Å²) in [7, 11) is 0.